The second kappa shape index (κ2) is 6.87. The number of fused-ring (bicyclic) bond motifs is 3. The van der Waals surface area contributed by atoms with Gasteiger partial charge in [-0.15, -0.1) is 0 Å². The Bertz CT molecular complexity index is 979. The molecule has 0 fully saturated rings. The van der Waals surface area contributed by atoms with Gasteiger partial charge in [0.15, 0.2) is 11.5 Å². The second-order valence-electron chi connectivity index (χ2n) is 6.79. The predicted octanol–water partition coefficient (Wildman–Crippen LogP) is 4.53. The number of hydrogen-bond acceptors (Lipinski definition) is 5. The predicted molar refractivity (Wildman–Crippen MR) is 105 cm³/mol. The molecule has 3 aromatic rings. The first kappa shape index (κ1) is 17.3. The summed E-state index contributed by atoms with van der Waals surface area (Å²) in [7, 11) is 3.29. The number of nitrogens with zero attached hydrogens (tertiary/aromatic N) is 1. The van der Waals surface area contributed by atoms with Crippen molar-refractivity contribution < 1.29 is 14.2 Å². The third-order valence-corrected chi connectivity index (χ3v) is 4.57. The molecule has 0 saturated carbocycles. The quantitative estimate of drug-likeness (QED) is 0.525. The highest BCUT2D eigenvalue weighted by molar-refractivity contribution is 5.81. The summed E-state index contributed by atoms with van der Waals surface area (Å²) in [5, 5.41) is 11.1. The van der Waals surface area contributed by atoms with Crippen molar-refractivity contribution in [2.75, 3.05) is 19.5 Å². The molecule has 0 amide bonds. The normalized spacial score (nSPS) is 11.9. The summed E-state index contributed by atoms with van der Waals surface area (Å²) in [5.41, 5.74) is 5.28. The molecule has 0 unspecified atom stereocenters. The molecule has 0 saturated heterocycles. The van der Waals surface area contributed by atoms with E-state index in [1.54, 1.807) is 14.2 Å². The lowest BCUT2D eigenvalue weighted by Crippen LogP contribution is -2.05. The summed E-state index contributed by atoms with van der Waals surface area (Å²) in [6.45, 7) is 4.03. The van der Waals surface area contributed by atoms with Gasteiger partial charge in [0.1, 0.15) is 11.6 Å². The molecule has 4 rings (SSSR count). The topological polar surface area (TPSA) is 68.4 Å². The van der Waals surface area contributed by atoms with Gasteiger partial charge in [-0.25, -0.2) is 0 Å². The molecule has 2 aromatic carbocycles. The van der Waals surface area contributed by atoms with E-state index in [9.17, 15) is 0 Å². The Labute approximate surface area is 158 Å². The number of aromatic nitrogens is 2. The summed E-state index contributed by atoms with van der Waals surface area (Å²) in [5.74, 6) is 3.17. The molecule has 140 valence electrons. The fraction of sp³-hybridized carbons (Fsp3) is 0.286. The van der Waals surface area contributed by atoms with E-state index in [1.807, 2.05) is 50.2 Å². The van der Waals surface area contributed by atoms with Crippen molar-refractivity contribution in [2.24, 2.45) is 0 Å². The zero-order valence-corrected chi connectivity index (χ0v) is 15.9. The fourth-order valence-corrected chi connectivity index (χ4v) is 3.41. The minimum Gasteiger partial charge on any atom is -0.493 e. The average Bonchev–Trinajstić information content (AvgIpc) is 3.19. The van der Waals surface area contributed by atoms with Gasteiger partial charge in [0.25, 0.3) is 0 Å². The van der Waals surface area contributed by atoms with Crippen molar-refractivity contribution in [1.29, 1.82) is 0 Å². The maximum atomic E-state index is 5.77. The third-order valence-electron chi connectivity index (χ3n) is 4.57. The standard InChI is InChI=1S/C21H23N3O3/c1-12(2)27-15-7-5-6-14(10-15)22-21-17-8-13-9-18(25-3)19(26-4)11-16(13)20(17)23-24-21/h5-7,9-12H,8H2,1-4H3,(H2,22,23,24). The summed E-state index contributed by atoms with van der Waals surface area (Å²) < 4.78 is 16.6. The van der Waals surface area contributed by atoms with Gasteiger partial charge in [-0.2, -0.15) is 5.10 Å². The lowest BCUT2D eigenvalue weighted by Gasteiger charge is -2.12. The highest BCUT2D eigenvalue weighted by atomic mass is 16.5. The molecule has 1 aliphatic carbocycles. The molecule has 0 atom stereocenters. The number of rotatable bonds is 6. The minimum absolute atomic E-state index is 0.135. The van der Waals surface area contributed by atoms with Gasteiger partial charge in [0.05, 0.1) is 26.0 Å². The van der Waals surface area contributed by atoms with Crippen LogP contribution in [0.25, 0.3) is 11.3 Å². The van der Waals surface area contributed by atoms with E-state index in [0.717, 1.165) is 46.2 Å². The largest absolute Gasteiger partial charge is 0.493 e. The van der Waals surface area contributed by atoms with E-state index in [1.165, 1.54) is 5.56 Å². The molecular formula is C21H23N3O3. The van der Waals surface area contributed by atoms with Crippen LogP contribution >= 0.6 is 0 Å². The Morgan fingerprint density at radius 1 is 1.07 bits per heavy atom. The average molecular weight is 365 g/mol. The fourth-order valence-electron chi connectivity index (χ4n) is 3.41. The van der Waals surface area contributed by atoms with E-state index < -0.39 is 0 Å². The molecule has 1 aromatic heterocycles. The Hall–Kier alpha value is -3.15. The van der Waals surface area contributed by atoms with Crippen molar-refractivity contribution in [2.45, 2.75) is 26.4 Å². The Morgan fingerprint density at radius 2 is 1.85 bits per heavy atom. The summed E-state index contributed by atoms with van der Waals surface area (Å²) >= 11 is 0. The number of methoxy groups -OCH3 is 2. The third kappa shape index (κ3) is 3.18. The van der Waals surface area contributed by atoms with Gasteiger partial charge in [-0.1, -0.05) is 6.07 Å². The van der Waals surface area contributed by atoms with Crippen molar-refractivity contribution in [3.63, 3.8) is 0 Å². The molecule has 1 heterocycles. The second-order valence-corrected chi connectivity index (χ2v) is 6.79. The number of aromatic amines is 1. The number of H-pyrrole nitrogens is 1. The Morgan fingerprint density at radius 3 is 2.59 bits per heavy atom. The van der Waals surface area contributed by atoms with Crippen LogP contribution in [0.15, 0.2) is 36.4 Å². The van der Waals surface area contributed by atoms with Gasteiger partial charge < -0.3 is 19.5 Å². The molecule has 6 nitrogen and oxygen atoms in total. The van der Waals surface area contributed by atoms with Gasteiger partial charge in [0, 0.05) is 29.3 Å². The minimum atomic E-state index is 0.135. The van der Waals surface area contributed by atoms with Crippen molar-refractivity contribution in [1.82, 2.24) is 10.2 Å². The van der Waals surface area contributed by atoms with Crippen molar-refractivity contribution in [3.8, 4) is 28.5 Å². The van der Waals surface area contributed by atoms with Crippen LogP contribution in [-0.4, -0.2) is 30.5 Å². The van der Waals surface area contributed by atoms with Gasteiger partial charge in [-0.3, -0.25) is 5.10 Å². The molecule has 0 spiro atoms. The van der Waals surface area contributed by atoms with E-state index >= 15 is 0 Å². The van der Waals surface area contributed by atoms with Crippen LogP contribution in [0, 0.1) is 0 Å². The maximum absolute atomic E-state index is 5.77. The van der Waals surface area contributed by atoms with E-state index in [2.05, 4.69) is 15.5 Å². The highest BCUT2D eigenvalue weighted by Crippen LogP contribution is 2.44. The number of ether oxygens (including phenoxy) is 3. The number of benzene rings is 2. The van der Waals surface area contributed by atoms with Gasteiger partial charge in [0.2, 0.25) is 0 Å². The molecule has 0 radical (unpaired) electrons. The highest BCUT2D eigenvalue weighted by Gasteiger charge is 2.27. The van der Waals surface area contributed by atoms with Crippen LogP contribution in [0.4, 0.5) is 11.5 Å². The number of nitrogens with one attached hydrogen (secondary N) is 2. The molecule has 0 aliphatic heterocycles. The lowest BCUT2D eigenvalue weighted by molar-refractivity contribution is 0.242. The Kier molecular flexibility index (Phi) is 4.39. The van der Waals surface area contributed by atoms with Crippen molar-refractivity contribution >= 4 is 11.5 Å². The van der Waals surface area contributed by atoms with Gasteiger partial charge in [-0.05, 0) is 43.7 Å². The van der Waals surface area contributed by atoms with E-state index in [-0.39, 0.29) is 6.10 Å². The zero-order valence-electron chi connectivity index (χ0n) is 15.9. The van der Waals surface area contributed by atoms with Crippen LogP contribution in [-0.2, 0) is 6.42 Å². The first-order valence-corrected chi connectivity index (χ1v) is 8.95. The molecule has 1 aliphatic rings. The molecule has 27 heavy (non-hydrogen) atoms. The first-order valence-electron chi connectivity index (χ1n) is 8.95. The smallest absolute Gasteiger partial charge is 0.161 e. The summed E-state index contributed by atoms with van der Waals surface area (Å²) in [4.78, 5) is 0. The Balaban J connectivity index is 1.63. The monoisotopic (exact) mass is 365 g/mol. The SMILES string of the molecule is COc1cc2c(cc1OC)-c1n[nH]c(Nc3cccc(OC(C)C)c3)c1C2. The van der Waals surface area contributed by atoms with E-state index in [0.29, 0.717) is 5.75 Å². The lowest BCUT2D eigenvalue weighted by atomic mass is 10.1. The summed E-state index contributed by atoms with van der Waals surface area (Å²) in [6.07, 6.45) is 0.919. The molecule has 6 heteroatoms. The summed E-state index contributed by atoms with van der Waals surface area (Å²) in [6, 6.07) is 11.9. The molecule has 2 N–H and O–H groups in total. The first-order chi connectivity index (χ1) is 13.1. The number of hydrogen-bond donors (Lipinski definition) is 2. The van der Waals surface area contributed by atoms with Crippen molar-refractivity contribution in [3.05, 3.63) is 47.5 Å². The zero-order chi connectivity index (χ0) is 19.0. The maximum Gasteiger partial charge on any atom is 0.161 e. The van der Waals surface area contributed by atoms with Crippen LogP contribution in [0.5, 0.6) is 17.2 Å². The van der Waals surface area contributed by atoms with Crippen LogP contribution < -0.4 is 19.5 Å². The van der Waals surface area contributed by atoms with Crippen LogP contribution in [0.1, 0.15) is 25.0 Å². The van der Waals surface area contributed by atoms with Gasteiger partial charge >= 0.3 is 0 Å². The van der Waals surface area contributed by atoms with Crippen LogP contribution in [0.3, 0.4) is 0 Å². The molecule has 0 bridgehead atoms. The number of anilines is 2. The van der Waals surface area contributed by atoms with Crippen LogP contribution in [0.2, 0.25) is 0 Å². The molecular weight excluding hydrogens is 342 g/mol. The van der Waals surface area contributed by atoms with E-state index in [4.69, 9.17) is 14.2 Å².